The maximum absolute atomic E-state index is 9.11. The zero-order valence-corrected chi connectivity index (χ0v) is 15.5. The Morgan fingerprint density at radius 1 is 1.07 bits per heavy atom. The molecule has 2 aromatic carbocycles. The van der Waals surface area contributed by atoms with Crippen molar-refractivity contribution < 1.29 is 4.42 Å². The van der Waals surface area contributed by atoms with Gasteiger partial charge in [-0.3, -0.25) is 0 Å². The van der Waals surface area contributed by atoms with Gasteiger partial charge in [0.1, 0.15) is 29.4 Å². The smallest absolute Gasteiger partial charge is 0.227 e. The zero-order chi connectivity index (χ0) is 20.1. The molecule has 0 radical (unpaired) electrons. The van der Waals surface area contributed by atoms with Crippen LogP contribution >= 0.6 is 0 Å². The van der Waals surface area contributed by atoms with E-state index in [0.717, 1.165) is 23.1 Å². The number of nitrogens with zero attached hydrogens (tertiary/aromatic N) is 4. The summed E-state index contributed by atoms with van der Waals surface area (Å²) in [5.41, 5.74) is 3.80. The summed E-state index contributed by atoms with van der Waals surface area (Å²) in [5, 5.41) is 29.7. The molecule has 1 atom stereocenters. The quantitative estimate of drug-likeness (QED) is 0.617. The third-order valence-corrected chi connectivity index (χ3v) is 4.58. The Morgan fingerprint density at radius 2 is 1.79 bits per heavy atom. The van der Waals surface area contributed by atoms with Crippen LogP contribution in [-0.4, -0.2) is 4.98 Å². The van der Waals surface area contributed by atoms with E-state index in [-0.39, 0.29) is 11.3 Å². The molecule has 0 aliphatic rings. The highest BCUT2D eigenvalue weighted by atomic mass is 16.3. The summed E-state index contributed by atoms with van der Waals surface area (Å²) in [6, 6.07) is 18.4. The van der Waals surface area contributed by atoms with Crippen molar-refractivity contribution in [3.63, 3.8) is 0 Å². The molecular formula is C22H17N5O. The lowest BCUT2D eigenvalue weighted by Gasteiger charge is -2.07. The van der Waals surface area contributed by atoms with Crippen LogP contribution in [0.15, 0.2) is 58.2 Å². The average Bonchev–Trinajstić information content (AvgIpc) is 3.17. The molecule has 0 fully saturated rings. The van der Waals surface area contributed by atoms with Gasteiger partial charge in [0.15, 0.2) is 11.2 Å². The van der Waals surface area contributed by atoms with Gasteiger partial charge in [-0.15, -0.1) is 0 Å². The molecule has 0 saturated heterocycles. The second-order valence-electron chi connectivity index (χ2n) is 6.34. The molecule has 3 aromatic rings. The second kappa shape index (κ2) is 8.08. The number of anilines is 1. The number of nitriles is 3. The van der Waals surface area contributed by atoms with E-state index in [1.54, 1.807) is 36.4 Å². The molecule has 1 N–H and O–H groups in total. The van der Waals surface area contributed by atoms with Crippen LogP contribution in [0, 0.1) is 34.0 Å². The van der Waals surface area contributed by atoms with Crippen molar-refractivity contribution in [2.45, 2.75) is 26.2 Å². The molecular weight excluding hydrogens is 350 g/mol. The summed E-state index contributed by atoms with van der Waals surface area (Å²) in [6.45, 7) is 4.34. The number of oxazole rings is 1. The molecule has 0 bridgehead atoms. The van der Waals surface area contributed by atoms with Gasteiger partial charge in [0, 0.05) is 11.3 Å². The van der Waals surface area contributed by atoms with Gasteiger partial charge >= 0.3 is 0 Å². The van der Waals surface area contributed by atoms with Crippen LogP contribution in [0.4, 0.5) is 5.69 Å². The van der Waals surface area contributed by atoms with Crippen molar-refractivity contribution in [3.05, 3.63) is 59.3 Å². The third kappa shape index (κ3) is 3.70. The van der Waals surface area contributed by atoms with Crippen LogP contribution in [0.5, 0.6) is 0 Å². The first-order valence-corrected chi connectivity index (χ1v) is 8.82. The lowest BCUT2D eigenvalue weighted by molar-refractivity contribution is 0.619. The predicted molar refractivity (Wildman–Crippen MR) is 106 cm³/mol. The fraction of sp³-hybridized carbons (Fsp3) is 0.182. The monoisotopic (exact) mass is 367 g/mol. The van der Waals surface area contributed by atoms with Crippen LogP contribution < -0.4 is 5.32 Å². The minimum absolute atomic E-state index is 0.0859. The van der Waals surface area contributed by atoms with Crippen LogP contribution in [-0.2, 0) is 0 Å². The van der Waals surface area contributed by atoms with Crippen molar-refractivity contribution in [2.75, 3.05) is 5.32 Å². The average molecular weight is 367 g/mol. The number of fused-ring (bicyclic) bond motifs is 1. The number of rotatable bonds is 5. The first-order valence-electron chi connectivity index (χ1n) is 8.82. The van der Waals surface area contributed by atoms with Crippen LogP contribution in [0.2, 0.25) is 0 Å². The number of benzene rings is 2. The van der Waals surface area contributed by atoms with Gasteiger partial charge < -0.3 is 9.73 Å². The number of hydrogen-bond donors (Lipinski definition) is 1. The molecule has 0 aliphatic heterocycles. The SMILES string of the molecule is CCC(C)c1ccc2oc(-c3ccc(NC(C#N)=C(C#N)C#N)cc3)nc2c1. The van der Waals surface area contributed by atoms with E-state index in [1.165, 1.54) is 5.56 Å². The zero-order valence-electron chi connectivity index (χ0n) is 15.5. The molecule has 1 aromatic heterocycles. The topological polar surface area (TPSA) is 109 Å². The summed E-state index contributed by atoms with van der Waals surface area (Å²) in [6.07, 6.45) is 1.06. The summed E-state index contributed by atoms with van der Waals surface area (Å²) in [5.74, 6) is 0.970. The summed E-state index contributed by atoms with van der Waals surface area (Å²) in [7, 11) is 0. The second-order valence-corrected chi connectivity index (χ2v) is 6.34. The standard InChI is InChI=1S/C22H17N5O/c1-3-14(2)16-6-9-21-19(10-16)27-22(28-21)15-4-7-18(8-5-15)26-20(13-25)17(11-23)12-24/h4-10,14,26H,3H2,1-2H3. The molecule has 136 valence electrons. The van der Waals surface area contributed by atoms with E-state index >= 15 is 0 Å². The highest BCUT2D eigenvalue weighted by molar-refractivity contribution is 5.77. The predicted octanol–water partition coefficient (Wildman–Crippen LogP) is 5.25. The van der Waals surface area contributed by atoms with Crippen molar-refractivity contribution in [2.24, 2.45) is 0 Å². The Bertz CT molecular complexity index is 1150. The summed E-state index contributed by atoms with van der Waals surface area (Å²) < 4.78 is 5.86. The number of hydrogen-bond acceptors (Lipinski definition) is 6. The molecule has 6 heteroatoms. The normalized spacial score (nSPS) is 11.1. The minimum Gasteiger partial charge on any atom is -0.436 e. The third-order valence-electron chi connectivity index (χ3n) is 4.58. The molecule has 3 rings (SSSR count). The maximum atomic E-state index is 9.11. The van der Waals surface area contributed by atoms with E-state index in [9.17, 15) is 0 Å². The molecule has 0 amide bonds. The fourth-order valence-corrected chi connectivity index (χ4v) is 2.73. The molecule has 28 heavy (non-hydrogen) atoms. The molecule has 1 heterocycles. The van der Waals surface area contributed by atoms with Crippen LogP contribution in [0.25, 0.3) is 22.6 Å². The Kier molecular flexibility index (Phi) is 5.40. The highest BCUT2D eigenvalue weighted by Crippen LogP contribution is 2.28. The summed E-state index contributed by atoms with van der Waals surface area (Å²) >= 11 is 0. The van der Waals surface area contributed by atoms with Crippen molar-refractivity contribution in [1.29, 1.82) is 15.8 Å². The van der Waals surface area contributed by atoms with Gasteiger partial charge in [0.05, 0.1) is 0 Å². The van der Waals surface area contributed by atoms with Gasteiger partial charge in [0.2, 0.25) is 5.89 Å². The minimum atomic E-state index is -0.261. The van der Waals surface area contributed by atoms with Crippen LogP contribution in [0.1, 0.15) is 31.7 Å². The first-order chi connectivity index (χ1) is 13.6. The van der Waals surface area contributed by atoms with E-state index in [1.807, 2.05) is 12.1 Å². The fourth-order valence-electron chi connectivity index (χ4n) is 2.73. The lowest BCUT2D eigenvalue weighted by Crippen LogP contribution is -2.00. The first kappa shape index (κ1) is 18.7. The Hall–Kier alpha value is -4.08. The number of aromatic nitrogens is 1. The molecule has 1 unspecified atom stereocenters. The van der Waals surface area contributed by atoms with E-state index in [2.05, 4.69) is 36.3 Å². The maximum Gasteiger partial charge on any atom is 0.227 e. The Labute approximate surface area is 163 Å². The summed E-state index contributed by atoms with van der Waals surface area (Å²) in [4.78, 5) is 4.59. The lowest BCUT2D eigenvalue weighted by atomic mass is 9.98. The van der Waals surface area contributed by atoms with Gasteiger partial charge in [0.25, 0.3) is 0 Å². The van der Waals surface area contributed by atoms with E-state index in [0.29, 0.717) is 17.5 Å². The van der Waals surface area contributed by atoms with Gasteiger partial charge in [-0.1, -0.05) is 19.9 Å². The molecule has 6 nitrogen and oxygen atoms in total. The largest absolute Gasteiger partial charge is 0.436 e. The van der Waals surface area contributed by atoms with Crippen molar-refractivity contribution in [1.82, 2.24) is 4.98 Å². The Morgan fingerprint density at radius 3 is 2.39 bits per heavy atom. The van der Waals surface area contributed by atoms with Crippen LogP contribution in [0.3, 0.4) is 0 Å². The molecule has 0 saturated carbocycles. The van der Waals surface area contributed by atoms with Crippen molar-refractivity contribution >= 4 is 16.8 Å². The Balaban J connectivity index is 1.88. The number of nitrogens with one attached hydrogen (secondary N) is 1. The number of allylic oxidation sites excluding steroid dienone is 2. The van der Waals surface area contributed by atoms with Gasteiger partial charge in [-0.25, -0.2) is 4.98 Å². The van der Waals surface area contributed by atoms with Gasteiger partial charge in [-0.2, -0.15) is 15.8 Å². The molecule has 0 aliphatic carbocycles. The van der Waals surface area contributed by atoms with Gasteiger partial charge in [-0.05, 0) is 54.3 Å². The van der Waals surface area contributed by atoms with Crippen molar-refractivity contribution in [3.8, 4) is 29.7 Å². The molecule has 0 spiro atoms. The van der Waals surface area contributed by atoms with E-state index in [4.69, 9.17) is 20.2 Å². The van der Waals surface area contributed by atoms with E-state index < -0.39 is 0 Å². The highest BCUT2D eigenvalue weighted by Gasteiger charge is 2.12.